The summed E-state index contributed by atoms with van der Waals surface area (Å²) in [5.74, 6) is 0.176. The summed E-state index contributed by atoms with van der Waals surface area (Å²) in [5, 5.41) is 0. The van der Waals surface area contributed by atoms with Crippen molar-refractivity contribution in [2.45, 2.75) is 18.6 Å². The van der Waals surface area contributed by atoms with Gasteiger partial charge in [-0.15, -0.1) is 0 Å². The molecular formula is C23H22FN3. The number of halogens is 1. The third kappa shape index (κ3) is 3.01. The molecule has 0 saturated carbocycles. The lowest BCUT2D eigenvalue weighted by Crippen LogP contribution is -2.39. The number of anilines is 1. The molecule has 0 aromatic heterocycles. The fourth-order valence-electron chi connectivity index (χ4n) is 4.45. The Bertz CT molecular complexity index is 926. The second-order valence-electron chi connectivity index (χ2n) is 7.38. The van der Waals surface area contributed by atoms with Crippen LogP contribution in [0.1, 0.15) is 28.8 Å². The monoisotopic (exact) mass is 359 g/mol. The van der Waals surface area contributed by atoms with E-state index in [-0.39, 0.29) is 17.9 Å². The number of hydrogen-bond donors (Lipinski definition) is 2. The lowest BCUT2D eigenvalue weighted by molar-refractivity contribution is 0.402. The van der Waals surface area contributed by atoms with E-state index in [0.717, 1.165) is 18.7 Å². The van der Waals surface area contributed by atoms with Crippen molar-refractivity contribution in [1.29, 1.82) is 0 Å². The number of nitrogens with one attached hydrogen (secondary N) is 2. The first-order chi connectivity index (χ1) is 13.3. The summed E-state index contributed by atoms with van der Waals surface area (Å²) in [6, 6.07) is 26.5. The smallest absolute Gasteiger partial charge is 0.123 e. The zero-order valence-electron chi connectivity index (χ0n) is 15.0. The highest BCUT2D eigenvalue weighted by molar-refractivity contribution is 5.58. The molecule has 0 aliphatic carbocycles. The van der Waals surface area contributed by atoms with Crippen LogP contribution in [0.25, 0.3) is 0 Å². The first-order valence-corrected chi connectivity index (χ1v) is 9.44. The van der Waals surface area contributed by atoms with E-state index in [1.165, 1.54) is 16.8 Å². The van der Waals surface area contributed by atoms with Crippen LogP contribution in [0.3, 0.4) is 0 Å². The maximum Gasteiger partial charge on any atom is 0.123 e. The van der Waals surface area contributed by atoms with Crippen LogP contribution in [-0.4, -0.2) is 6.54 Å². The first kappa shape index (κ1) is 16.5. The van der Waals surface area contributed by atoms with Gasteiger partial charge < -0.3 is 4.90 Å². The normalized spacial score (nSPS) is 23.7. The van der Waals surface area contributed by atoms with Gasteiger partial charge in [-0.25, -0.2) is 15.2 Å². The van der Waals surface area contributed by atoms with E-state index in [1.807, 2.05) is 12.1 Å². The lowest BCUT2D eigenvalue weighted by atomic mass is 9.82. The van der Waals surface area contributed by atoms with E-state index in [2.05, 4.69) is 70.3 Å². The number of fused-ring (bicyclic) bond motifs is 3. The van der Waals surface area contributed by atoms with Gasteiger partial charge in [0.2, 0.25) is 0 Å². The molecule has 4 heteroatoms. The van der Waals surface area contributed by atoms with Crippen molar-refractivity contribution in [2.24, 2.45) is 5.92 Å². The summed E-state index contributed by atoms with van der Waals surface area (Å²) < 4.78 is 13.4. The standard InChI is InChI=1S/C23H22FN3/c24-18-12-10-17(11-13-18)22-20-15-27(14-16-6-2-1-3-7-16)21-9-5-4-8-19(21)23(20)26-25-22/h1-13,20,22-23,25-26H,14-15H2. The van der Waals surface area contributed by atoms with E-state index in [9.17, 15) is 4.39 Å². The number of benzene rings is 3. The van der Waals surface area contributed by atoms with Crippen molar-refractivity contribution >= 4 is 5.69 Å². The van der Waals surface area contributed by atoms with E-state index in [0.29, 0.717) is 5.92 Å². The molecule has 27 heavy (non-hydrogen) atoms. The predicted molar refractivity (Wildman–Crippen MR) is 106 cm³/mol. The van der Waals surface area contributed by atoms with Crippen molar-refractivity contribution in [3.05, 3.63) is 101 Å². The highest BCUT2D eigenvalue weighted by atomic mass is 19.1. The summed E-state index contributed by atoms with van der Waals surface area (Å²) >= 11 is 0. The molecule has 3 nitrogen and oxygen atoms in total. The van der Waals surface area contributed by atoms with Gasteiger partial charge in [0.05, 0.1) is 12.1 Å². The van der Waals surface area contributed by atoms with Gasteiger partial charge in [-0.3, -0.25) is 0 Å². The highest BCUT2D eigenvalue weighted by Gasteiger charge is 2.42. The first-order valence-electron chi connectivity index (χ1n) is 9.44. The van der Waals surface area contributed by atoms with Gasteiger partial charge in [0.1, 0.15) is 5.82 Å². The van der Waals surface area contributed by atoms with Crippen molar-refractivity contribution < 1.29 is 4.39 Å². The van der Waals surface area contributed by atoms with E-state index >= 15 is 0 Å². The molecule has 2 aliphatic heterocycles. The molecule has 1 saturated heterocycles. The molecule has 136 valence electrons. The molecule has 2 aliphatic rings. The largest absolute Gasteiger partial charge is 0.367 e. The van der Waals surface area contributed by atoms with Crippen LogP contribution in [0.15, 0.2) is 78.9 Å². The van der Waals surface area contributed by atoms with Gasteiger partial charge in [0, 0.05) is 24.7 Å². The lowest BCUT2D eigenvalue weighted by Gasteiger charge is -2.39. The summed E-state index contributed by atoms with van der Waals surface area (Å²) in [6.07, 6.45) is 0. The van der Waals surface area contributed by atoms with Gasteiger partial charge in [0.25, 0.3) is 0 Å². The molecule has 3 aromatic carbocycles. The number of nitrogens with zero attached hydrogens (tertiary/aromatic N) is 1. The van der Waals surface area contributed by atoms with Crippen LogP contribution in [0.5, 0.6) is 0 Å². The Labute approximate surface area is 158 Å². The summed E-state index contributed by atoms with van der Waals surface area (Å²) in [7, 11) is 0. The topological polar surface area (TPSA) is 27.3 Å². The van der Waals surface area contributed by atoms with Crippen molar-refractivity contribution in [1.82, 2.24) is 10.9 Å². The van der Waals surface area contributed by atoms with Crippen molar-refractivity contribution in [3.63, 3.8) is 0 Å². The van der Waals surface area contributed by atoms with Crippen LogP contribution in [-0.2, 0) is 6.54 Å². The molecule has 0 amide bonds. The van der Waals surface area contributed by atoms with Crippen LogP contribution in [0.4, 0.5) is 10.1 Å². The van der Waals surface area contributed by atoms with Gasteiger partial charge in [-0.1, -0.05) is 60.7 Å². The minimum Gasteiger partial charge on any atom is -0.367 e. The van der Waals surface area contributed by atoms with Gasteiger partial charge >= 0.3 is 0 Å². The average molecular weight is 359 g/mol. The quantitative estimate of drug-likeness (QED) is 0.728. The molecule has 0 radical (unpaired) electrons. The molecule has 0 spiro atoms. The summed E-state index contributed by atoms with van der Waals surface area (Å²) in [6.45, 7) is 1.83. The highest BCUT2D eigenvalue weighted by Crippen LogP contribution is 2.45. The van der Waals surface area contributed by atoms with Gasteiger partial charge in [-0.2, -0.15) is 0 Å². The zero-order valence-corrected chi connectivity index (χ0v) is 15.0. The number of para-hydroxylation sites is 1. The third-order valence-corrected chi connectivity index (χ3v) is 5.74. The molecule has 5 rings (SSSR count). The van der Waals surface area contributed by atoms with E-state index in [4.69, 9.17) is 0 Å². The van der Waals surface area contributed by atoms with E-state index in [1.54, 1.807) is 12.1 Å². The second-order valence-corrected chi connectivity index (χ2v) is 7.38. The number of rotatable bonds is 3. The van der Waals surface area contributed by atoms with Crippen LogP contribution in [0.2, 0.25) is 0 Å². The van der Waals surface area contributed by atoms with Crippen molar-refractivity contribution in [3.8, 4) is 0 Å². The minimum atomic E-state index is -0.194. The molecule has 2 N–H and O–H groups in total. The number of hydrazine groups is 1. The molecule has 3 atom stereocenters. The minimum absolute atomic E-state index is 0.155. The molecular weight excluding hydrogens is 337 g/mol. The Morgan fingerprint density at radius 1 is 0.815 bits per heavy atom. The van der Waals surface area contributed by atoms with Crippen LogP contribution < -0.4 is 15.8 Å². The Balaban J connectivity index is 1.49. The van der Waals surface area contributed by atoms with Gasteiger partial charge in [-0.05, 0) is 34.9 Å². The molecule has 3 unspecified atom stereocenters. The SMILES string of the molecule is Fc1ccc(C2NNC3c4ccccc4N(Cc4ccccc4)CC23)cc1. The van der Waals surface area contributed by atoms with Crippen LogP contribution >= 0.6 is 0 Å². The Kier molecular flexibility index (Phi) is 4.15. The molecule has 1 fully saturated rings. The zero-order chi connectivity index (χ0) is 18.2. The maximum absolute atomic E-state index is 13.4. The van der Waals surface area contributed by atoms with Crippen molar-refractivity contribution in [2.75, 3.05) is 11.4 Å². The second kappa shape index (κ2) is 6.80. The maximum atomic E-state index is 13.4. The fourth-order valence-corrected chi connectivity index (χ4v) is 4.45. The summed E-state index contributed by atoms with van der Waals surface area (Å²) in [4.78, 5) is 2.47. The third-order valence-electron chi connectivity index (χ3n) is 5.74. The molecule has 2 heterocycles. The summed E-state index contributed by atoms with van der Waals surface area (Å²) in [5.41, 5.74) is 12.0. The Morgan fingerprint density at radius 3 is 2.33 bits per heavy atom. The Morgan fingerprint density at radius 2 is 1.52 bits per heavy atom. The molecule has 0 bridgehead atoms. The molecule has 3 aromatic rings. The fraction of sp³-hybridized carbons (Fsp3) is 0.217. The number of hydrogen-bond acceptors (Lipinski definition) is 3. The Hall–Kier alpha value is -2.69. The van der Waals surface area contributed by atoms with E-state index < -0.39 is 0 Å². The predicted octanol–water partition coefficient (Wildman–Crippen LogP) is 4.35. The average Bonchev–Trinajstić information content (AvgIpc) is 3.14. The van der Waals surface area contributed by atoms with Crippen LogP contribution in [0, 0.1) is 11.7 Å². The van der Waals surface area contributed by atoms with Gasteiger partial charge in [0.15, 0.2) is 0 Å².